The molecule has 0 bridgehead atoms. The third kappa shape index (κ3) is 5.22. The lowest BCUT2D eigenvalue weighted by Gasteiger charge is -2.10. The van der Waals surface area contributed by atoms with Gasteiger partial charge in [-0.25, -0.2) is 13.2 Å². The van der Waals surface area contributed by atoms with E-state index in [2.05, 4.69) is 9.46 Å². The molecule has 1 rings (SSSR count). The van der Waals surface area contributed by atoms with Gasteiger partial charge in [-0.15, -0.1) is 23.4 Å². The second kappa shape index (κ2) is 7.75. The summed E-state index contributed by atoms with van der Waals surface area (Å²) in [5, 5.41) is 0. The number of hydrogen-bond donors (Lipinski definition) is 1. The number of thioether (sulfide) groups is 1. The lowest BCUT2D eigenvalue weighted by Crippen LogP contribution is -2.17. The van der Waals surface area contributed by atoms with Crippen molar-refractivity contribution in [3.8, 4) is 0 Å². The topological polar surface area (TPSA) is 72.5 Å². The number of esters is 1. The van der Waals surface area contributed by atoms with Crippen LogP contribution in [0, 0.1) is 0 Å². The number of anilines is 1. The quantitative estimate of drug-likeness (QED) is 0.470. The summed E-state index contributed by atoms with van der Waals surface area (Å²) >= 11 is 6.89. The molecule has 0 heterocycles. The van der Waals surface area contributed by atoms with Gasteiger partial charge in [0.15, 0.2) is 0 Å². The Balaban J connectivity index is 3.03. The highest BCUT2D eigenvalue weighted by Crippen LogP contribution is 2.23. The van der Waals surface area contributed by atoms with E-state index in [9.17, 15) is 13.2 Å². The number of halogens is 1. The first-order chi connectivity index (χ1) is 9.41. The Morgan fingerprint density at radius 1 is 1.40 bits per heavy atom. The van der Waals surface area contributed by atoms with Crippen LogP contribution >= 0.6 is 23.4 Å². The van der Waals surface area contributed by atoms with Gasteiger partial charge in [0.1, 0.15) is 0 Å². The first-order valence-electron chi connectivity index (χ1n) is 5.75. The van der Waals surface area contributed by atoms with Crippen molar-refractivity contribution in [1.82, 2.24) is 0 Å². The number of sulfonamides is 1. The molecule has 0 atom stereocenters. The summed E-state index contributed by atoms with van der Waals surface area (Å²) in [4.78, 5) is 12.3. The minimum atomic E-state index is -3.47. The number of benzene rings is 1. The molecule has 0 aliphatic carbocycles. The molecule has 112 valence electrons. The van der Waals surface area contributed by atoms with Crippen LogP contribution in [0.3, 0.4) is 0 Å². The van der Waals surface area contributed by atoms with Crippen LogP contribution in [0.4, 0.5) is 5.69 Å². The van der Waals surface area contributed by atoms with E-state index in [0.717, 1.165) is 4.90 Å². The maximum Gasteiger partial charge on any atom is 0.337 e. The highest BCUT2D eigenvalue weighted by molar-refractivity contribution is 7.98. The van der Waals surface area contributed by atoms with Crippen molar-refractivity contribution >= 4 is 45.0 Å². The number of carbonyl (C=O) groups excluding carboxylic acids is 1. The average molecular weight is 338 g/mol. The van der Waals surface area contributed by atoms with E-state index in [0.29, 0.717) is 17.7 Å². The number of hydrogen-bond acceptors (Lipinski definition) is 5. The maximum atomic E-state index is 11.8. The third-order valence-electron chi connectivity index (χ3n) is 2.38. The Morgan fingerprint density at radius 3 is 2.65 bits per heavy atom. The van der Waals surface area contributed by atoms with E-state index in [1.165, 1.54) is 24.9 Å². The second-order valence-corrected chi connectivity index (χ2v) is 7.00. The molecule has 0 unspecified atom stereocenters. The predicted octanol–water partition coefficient (Wildman–Crippen LogP) is 2.57. The fraction of sp³-hybridized carbons (Fsp3) is 0.417. The molecule has 0 spiro atoms. The van der Waals surface area contributed by atoms with E-state index in [4.69, 9.17) is 11.6 Å². The van der Waals surface area contributed by atoms with E-state index >= 15 is 0 Å². The van der Waals surface area contributed by atoms with E-state index in [-0.39, 0.29) is 11.6 Å². The zero-order valence-electron chi connectivity index (χ0n) is 11.2. The summed E-state index contributed by atoms with van der Waals surface area (Å²) < 4.78 is 30.7. The smallest absolute Gasteiger partial charge is 0.337 e. The van der Waals surface area contributed by atoms with Gasteiger partial charge in [0.05, 0.1) is 24.1 Å². The van der Waals surface area contributed by atoms with Gasteiger partial charge >= 0.3 is 5.97 Å². The lowest BCUT2D eigenvalue weighted by atomic mass is 10.2. The standard InChI is InChI=1S/C12H16ClNO4S2/c1-18-12(15)9-6-10(8-11(7-9)19-2)14-20(16,17)5-3-4-13/h6-8,14H,3-5H2,1-2H3. The second-order valence-electron chi connectivity index (χ2n) is 3.91. The molecule has 0 fully saturated rings. The predicted molar refractivity (Wildman–Crippen MR) is 82.3 cm³/mol. The van der Waals surface area contributed by atoms with Crippen molar-refractivity contribution in [1.29, 1.82) is 0 Å². The third-order valence-corrected chi connectivity index (χ3v) is 4.73. The molecule has 8 heteroatoms. The summed E-state index contributed by atoms with van der Waals surface area (Å²) in [7, 11) is -2.19. The molecule has 1 N–H and O–H groups in total. The highest BCUT2D eigenvalue weighted by atomic mass is 35.5. The largest absolute Gasteiger partial charge is 0.465 e. The monoisotopic (exact) mass is 337 g/mol. The molecular formula is C12H16ClNO4S2. The maximum absolute atomic E-state index is 11.8. The molecule has 1 aromatic carbocycles. The van der Waals surface area contributed by atoms with Crippen LogP contribution in [-0.2, 0) is 14.8 Å². The fourth-order valence-corrected chi connectivity index (χ4v) is 3.37. The van der Waals surface area contributed by atoms with Crippen LogP contribution in [0.1, 0.15) is 16.8 Å². The van der Waals surface area contributed by atoms with Crippen LogP contribution < -0.4 is 4.72 Å². The van der Waals surface area contributed by atoms with Gasteiger partial charge in [-0.3, -0.25) is 4.72 Å². The van der Waals surface area contributed by atoms with Gasteiger partial charge in [0, 0.05) is 10.8 Å². The summed E-state index contributed by atoms with van der Waals surface area (Å²) in [5.74, 6) is -0.297. The van der Waals surface area contributed by atoms with E-state index < -0.39 is 16.0 Å². The van der Waals surface area contributed by atoms with E-state index in [1.54, 1.807) is 12.1 Å². The lowest BCUT2D eigenvalue weighted by molar-refractivity contribution is 0.0600. The fourth-order valence-electron chi connectivity index (χ4n) is 1.49. The number of carbonyl (C=O) groups is 1. The average Bonchev–Trinajstić information content (AvgIpc) is 2.43. The zero-order chi connectivity index (χ0) is 15.2. The van der Waals surface area contributed by atoms with E-state index in [1.807, 2.05) is 6.26 Å². The Bertz CT molecular complexity index is 575. The number of methoxy groups -OCH3 is 1. The van der Waals surface area contributed by atoms with Gasteiger partial charge in [-0.1, -0.05) is 0 Å². The van der Waals surface area contributed by atoms with Gasteiger partial charge in [0.25, 0.3) is 0 Å². The van der Waals surface area contributed by atoms with Crippen LogP contribution in [0.2, 0.25) is 0 Å². The Kier molecular flexibility index (Phi) is 6.64. The molecule has 0 amide bonds. The van der Waals surface area contributed by atoms with Crippen molar-refractivity contribution in [2.75, 3.05) is 29.7 Å². The highest BCUT2D eigenvalue weighted by Gasteiger charge is 2.13. The molecule has 0 saturated carbocycles. The molecule has 0 aliphatic rings. The van der Waals surface area contributed by atoms with Crippen LogP contribution in [0.5, 0.6) is 0 Å². The molecule has 0 aromatic heterocycles. The van der Waals surface area contributed by atoms with Crippen LogP contribution in [-0.4, -0.2) is 39.4 Å². The number of rotatable bonds is 7. The van der Waals surface area contributed by atoms with Crippen molar-refractivity contribution in [2.45, 2.75) is 11.3 Å². The molecule has 1 aromatic rings. The molecule has 0 saturated heterocycles. The minimum Gasteiger partial charge on any atom is -0.465 e. The Hall–Kier alpha value is -0.920. The summed E-state index contributed by atoms with van der Waals surface area (Å²) in [6, 6.07) is 4.76. The van der Waals surface area contributed by atoms with Crippen molar-refractivity contribution in [2.24, 2.45) is 0 Å². The van der Waals surface area contributed by atoms with Crippen molar-refractivity contribution in [3.05, 3.63) is 23.8 Å². The summed E-state index contributed by atoms with van der Waals surface area (Å²) in [6.45, 7) is 0. The minimum absolute atomic E-state index is 0.0620. The summed E-state index contributed by atoms with van der Waals surface area (Å²) in [5.41, 5.74) is 0.640. The number of nitrogens with one attached hydrogen (secondary N) is 1. The van der Waals surface area contributed by atoms with Gasteiger partial charge < -0.3 is 4.74 Å². The first kappa shape index (κ1) is 17.1. The van der Waals surface area contributed by atoms with Gasteiger partial charge in [-0.05, 0) is 30.9 Å². The SMILES string of the molecule is COC(=O)c1cc(NS(=O)(=O)CCCCl)cc(SC)c1. The van der Waals surface area contributed by atoms with Gasteiger partial charge in [0.2, 0.25) is 10.0 Å². The summed E-state index contributed by atoms with van der Waals surface area (Å²) in [6.07, 6.45) is 2.20. The number of alkyl halides is 1. The molecular weight excluding hydrogens is 322 g/mol. The van der Waals surface area contributed by atoms with Gasteiger partial charge in [-0.2, -0.15) is 0 Å². The van der Waals surface area contributed by atoms with Crippen molar-refractivity contribution in [3.63, 3.8) is 0 Å². The Morgan fingerprint density at radius 2 is 2.10 bits per heavy atom. The molecule has 5 nitrogen and oxygen atoms in total. The first-order valence-corrected chi connectivity index (χ1v) is 9.17. The molecule has 20 heavy (non-hydrogen) atoms. The van der Waals surface area contributed by atoms with Crippen molar-refractivity contribution < 1.29 is 17.9 Å². The Labute approximate surface area is 128 Å². The number of ether oxygens (including phenoxy) is 1. The normalized spacial score (nSPS) is 11.2. The zero-order valence-corrected chi connectivity index (χ0v) is 13.6. The van der Waals surface area contributed by atoms with Crippen LogP contribution in [0.15, 0.2) is 23.1 Å². The molecule has 0 aliphatic heterocycles. The molecule has 0 radical (unpaired) electrons. The van der Waals surface area contributed by atoms with Crippen LogP contribution in [0.25, 0.3) is 0 Å².